The van der Waals surface area contributed by atoms with Crippen molar-refractivity contribution in [2.75, 3.05) is 0 Å². The molecule has 1 aliphatic heterocycles. The lowest BCUT2D eigenvalue weighted by atomic mass is 10.0. The number of allylic oxidation sites excluding steroid dienone is 1. The van der Waals surface area contributed by atoms with Gasteiger partial charge in [-0.15, -0.1) is 0 Å². The number of ether oxygens (including phenoxy) is 1. The third-order valence-electron chi connectivity index (χ3n) is 7.01. The SMILES string of the molecule is CC(C)[Si](C1=CN(C(=O)OCc2ccccc2)C(c2ccc[nH]2)CC1=O)(C(C)C)C(C)C. The number of nitrogens with zero attached hydrogens (tertiary/aromatic N) is 1. The molecule has 1 aromatic heterocycles. The van der Waals surface area contributed by atoms with Crippen LogP contribution in [0.5, 0.6) is 0 Å². The van der Waals surface area contributed by atoms with E-state index in [1.165, 1.54) is 0 Å². The molecule has 5 nitrogen and oxygen atoms in total. The van der Waals surface area contributed by atoms with Crippen molar-refractivity contribution in [1.82, 2.24) is 9.88 Å². The van der Waals surface area contributed by atoms with Crippen LogP contribution in [0.1, 0.15) is 65.3 Å². The topological polar surface area (TPSA) is 62.4 Å². The Hall–Kier alpha value is -2.60. The molecule has 2 heterocycles. The third kappa shape index (κ3) is 4.46. The van der Waals surface area contributed by atoms with E-state index in [1.807, 2.05) is 54.9 Å². The van der Waals surface area contributed by atoms with Gasteiger partial charge in [0, 0.05) is 24.5 Å². The lowest BCUT2D eigenvalue weighted by Crippen LogP contribution is -2.52. The number of amides is 1. The van der Waals surface area contributed by atoms with Gasteiger partial charge >= 0.3 is 6.09 Å². The Morgan fingerprint density at radius 1 is 1.03 bits per heavy atom. The van der Waals surface area contributed by atoms with Crippen molar-refractivity contribution in [2.45, 2.75) is 77.2 Å². The number of carbonyl (C=O) groups is 2. The summed E-state index contributed by atoms with van der Waals surface area (Å²) in [6, 6.07) is 13.1. The number of rotatable bonds is 7. The maximum atomic E-state index is 13.6. The number of carbonyl (C=O) groups excluding carboxylic acids is 2. The molecule has 0 fully saturated rings. The number of Topliss-reactive ketones (excluding diaryl/α,β-unsaturated/α-hetero) is 1. The van der Waals surface area contributed by atoms with Crippen molar-refractivity contribution >= 4 is 20.0 Å². The molecule has 0 saturated carbocycles. The molecule has 172 valence electrons. The van der Waals surface area contributed by atoms with Gasteiger partial charge in [-0.1, -0.05) is 71.9 Å². The smallest absolute Gasteiger partial charge is 0.414 e. The Balaban J connectivity index is 2.03. The van der Waals surface area contributed by atoms with Crippen LogP contribution in [0, 0.1) is 0 Å². The standard InChI is InChI=1S/C26H36N2O3Si/c1-18(2)32(19(3)4,20(5)6)25-16-28(23(15-24(25)29)22-13-10-14-27-22)26(30)31-17-21-11-8-7-9-12-21/h7-14,16,18-20,23,27H,15,17H2,1-6H3. The lowest BCUT2D eigenvalue weighted by Gasteiger charge is -2.47. The van der Waals surface area contributed by atoms with E-state index in [4.69, 9.17) is 4.74 Å². The average molecular weight is 453 g/mol. The molecular formula is C26H36N2O3Si. The van der Waals surface area contributed by atoms with Crippen molar-refractivity contribution in [1.29, 1.82) is 0 Å². The van der Waals surface area contributed by atoms with Gasteiger partial charge in [-0.05, 0) is 39.5 Å². The number of hydrogen-bond donors (Lipinski definition) is 1. The number of H-pyrrole nitrogens is 1. The van der Waals surface area contributed by atoms with Gasteiger partial charge in [0.15, 0.2) is 5.78 Å². The van der Waals surface area contributed by atoms with Crippen LogP contribution in [-0.2, 0) is 16.1 Å². The number of nitrogens with one attached hydrogen (secondary N) is 1. The Labute approximate surface area is 192 Å². The van der Waals surface area contributed by atoms with Gasteiger partial charge in [0.05, 0.1) is 6.04 Å². The summed E-state index contributed by atoms with van der Waals surface area (Å²) in [6.07, 6.45) is 3.52. The van der Waals surface area contributed by atoms with E-state index in [-0.39, 0.29) is 24.9 Å². The zero-order valence-electron chi connectivity index (χ0n) is 20.1. The summed E-state index contributed by atoms with van der Waals surface area (Å²) in [7, 11) is -2.23. The van der Waals surface area contributed by atoms with Gasteiger partial charge in [-0.3, -0.25) is 9.69 Å². The van der Waals surface area contributed by atoms with E-state index in [0.29, 0.717) is 16.6 Å². The fourth-order valence-corrected chi connectivity index (χ4v) is 12.6. The Bertz CT molecular complexity index is 927. The second-order valence-corrected chi connectivity index (χ2v) is 15.5. The van der Waals surface area contributed by atoms with Crippen LogP contribution in [0.4, 0.5) is 4.79 Å². The minimum atomic E-state index is -2.23. The molecule has 0 bridgehead atoms. The van der Waals surface area contributed by atoms with Crippen LogP contribution in [0.3, 0.4) is 0 Å². The minimum Gasteiger partial charge on any atom is -0.444 e. The lowest BCUT2D eigenvalue weighted by molar-refractivity contribution is -0.116. The average Bonchev–Trinajstić information content (AvgIpc) is 3.28. The van der Waals surface area contributed by atoms with Gasteiger partial charge in [0.2, 0.25) is 0 Å². The molecule has 0 spiro atoms. The van der Waals surface area contributed by atoms with Gasteiger partial charge in [-0.2, -0.15) is 0 Å². The monoisotopic (exact) mass is 452 g/mol. The molecule has 1 atom stereocenters. The Morgan fingerprint density at radius 2 is 1.66 bits per heavy atom. The molecule has 0 aliphatic carbocycles. The molecule has 1 aromatic carbocycles. The van der Waals surface area contributed by atoms with Crippen molar-refractivity contribution in [2.24, 2.45) is 0 Å². The predicted octanol–water partition coefficient (Wildman–Crippen LogP) is 6.77. The largest absolute Gasteiger partial charge is 0.444 e. The van der Waals surface area contributed by atoms with Gasteiger partial charge < -0.3 is 9.72 Å². The minimum absolute atomic E-state index is 0.166. The summed E-state index contributed by atoms with van der Waals surface area (Å²) >= 11 is 0. The fourth-order valence-electron chi connectivity index (χ4n) is 5.76. The highest BCUT2D eigenvalue weighted by molar-refractivity contribution is 6.93. The molecule has 6 heteroatoms. The first-order valence-corrected chi connectivity index (χ1v) is 13.8. The van der Waals surface area contributed by atoms with Crippen molar-refractivity contribution in [3.63, 3.8) is 0 Å². The van der Waals surface area contributed by atoms with Gasteiger partial charge in [0.1, 0.15) is 14.7 Å². The van der Waals surface area contributed by atoms with E-state index >= 15 is 0 Å². The van der Waals surface area contributed by atoms with Gasteiger partial charge in [0.25, 0.3) is 0 Å². The summed E-state index contributed by atoms with van der Waals surface area (Å²) in [5, 5.41) is 0.872. The van der Waals surface area contributed by atoms with Crippen LogP contribution in [-0.4, -0.2) is 29.8 Å². The first kappa shape index (κ1) is 24.0. The number of ketones is 1. The van der Waals surface area contributed by atoms with Crippen LogP contribution >= 0.6 is 0 Å². The summed E-state index contributed by atoms with van der Waals surface area (Å²) in [5.74, 6) is 0.166. The highest BCUT2D eigenvalue weighted by Crippen LogP contribution is 2.49. The van der Waals surface area contributed by atoms with Crippen LogP contribution in [0.15, 0.2) is 60.1 Å². The maximum absolute atomic E-state index is 13.6. The van der Waals surface area contributed by atoms with Crippen molar-refractivity contribution in [3.05, 3.63) is 71.3 Å². The zero-order valence-corrected chi connectivity index (χ0v) is 21.1. The zero-order chi connectivity index (χ0) is 23.5. The quantitative estimate of drug-likeness (QED) is 0.472. The summed E-state index contributed by atoms with van der Waals surface area (Å²) in [6.45, 7) is 13.6. The molecule has 1 unspecified atom stereocenters. The molecule has 3 rings (SSSR count). The van der Waals surface area contributed by atoms with E-state index < -0.39 is 14.2 Å². The van der Waals surface area contributed by atoms with Crippen LogP contribution in [0.2, 0.25) is 16.6 Å². The Kier molecular flexibility index (Phi) is 7.44. The predicted molar refractivity (Wildman–Crippen MR) is 131 cm³/mol. The second-order valence-electron chi connectivity index (χ2n) is 9.66. The maximum Gasteiger partial charge on any atom is 0.414 e. The molecule has 32 heavy (non-hydrogen) atoms. The number of benzene rings is 1. The van der Waals surface area contributed by atoms with E-state index in [0.717, 1.165) is 16.5 Å². The normalized spacial score (nSPS) is 17.3. The molecular weight excluding hydrogens is 416 g/mol. The number of hydrogen-bond acceptors (Lipinski definition) is 3. The molecule has 0 radical (unpaired) electrons. The van der Waals surface area contributed by atoms with E-state index in [1.54, 1.807) is 4.90 Å². The highest BCUT2D eigenvalue weighted by Gasteiger charge is 2.51. The summed E-state index contributed by atoms with van der Waals surface area (Å²) in [4.78, 5) is 31.7. The number of aromatic amines is 1. The third-order valence-corrected chi connectivity index (χ3v) is 14.1. The second kappa shape index (κ2) is 9.90. The molecule has 1 amide bonds. The first-order chi connectivity index (χ1) is 15.2. The van der Waals surface area contributed by atoms with Crippen molar-refractivity contribution in [3.8, 4) is 0 Å². The highest BCUT2D eigenvalue weighted by atomic mass is 28.3. The Morgan fingerprint density at radius 3 is 2.19 bits per heavy atom. The molecule has 1 N–H and O–H groups in total. The van der Waals surface area contributed by atoms with Crippen LogP contribution in [0.25, 0.3) is 0 Å². The van der Waals surface area contributed by atoms with E-state index in [2.05, 4.69) is 46.5 Å². The van der Waals surface area contributed by atoms with Crippen molar-refractivity contribution < 1.29 is 14.3 Å². The number of aromatic nitrogens is 1. The molecule has 0 saturated heterocycles. The molecule has 1 aliphatic rings. The van der Waals surface area contributed by atoms with E-state index in [9.17, 15) is 9.59 Å². The van der Waals surface area contributed by atoms with Gasteiger partial charge in [-0.25, -0.2) is 4.79 Å². The fraction of sp³-hybridized carbons (Fsp3) is 0.462. The first-order valence-electron chi connectivity index (χ1n) is 11.6. The molecule has 2 aromatic rings. The summed E-state index contributed by atoms with van der Waals surface area (Å²) < 4.78 is 5.71. The summed E-state index contributed by atoms with van der Waals surface area (Å²) in [5.41, 5.74) is 2.91. The van der Waals surface area contributed by atoms with Crippen LogP contribution < -0.4 is 0 Å².